The van der Waals surface area contributed by atoms with Crippen LogP contribution in [0.2, 0.25) is 0 Å². The zero-order valence-electron chi connectivity index (χ0n) is 3.78. The van der Waals surface area contributed by atoms with Crippen molar-refractivity contribution in [2.75, 3.05) is 0 Å². The number of hydrogen-bond acceptors (Lipinski definition) is 6. The summed E-state index contributed by atoms with van der Waals surface area (Å²) in [6.45, 7) is 0. The van der Waals surface area contributed by atoms with E-state index in [0.717, 1.165) is 0 Å². The molecule has 0 heterocycles. The molecule has 7 heteroatoms. The molecule has 1 radical (unpaired) electrons. The van der Waals surface area contributed by atoms with Crippen LogP contribution < -0.4 is 20.4 Å². The summed E-state index contributed by atoms with van der Waals surface area (Å²) in [4.78, 5) is 16.7. The SMILES string of the molecule is O=C([O-])[O-].O=C([O-])[O-].[Ir+4]. The van der Waals surface area contributed by atoms with Crippen LogP contribution in [0.25, 0.3) is 0 Å². The van der Waals surface area contributed by atoms with E-state index in [1.165, 1.54) is 0 Å². The van der Waals surface area contributed by atoms with Crippen molar-refractivity contribution in [3.63, 3.8) is 0 Å². The van der Waals surface area contributed by atoms with Gasteiger partial charge in [0.2, 0.25) is 0 Å². The van der Waals surface area contributed by atoms with E-state index < -0.39 is 12.3 Å². The van der Waals surface area contributed by atoms with E-state index >= 15 is 0 Å². The second kappa shape index (κ2) is 10.2. The summed E-state index contributed by atoms with van der Waals surface area (Å²) in [5, 5.41) is 33.3. The Morgan fingerprint density at radius 1 is 0.778 bits per heavy atom. The predicted molar refractivity (Wildman–Crippen MR) is 10.8 cm³/mol. The van der Waals surface area contributed by atoms with Crippen molar-refractivity contribution < 1.29 is 50.1 Å². The molecule has 0 aromatic rings. The second-order valence-corrected chi connectivity index (χ2v) is 0.500. The molecular formula is C2IrO6. The number of carbonyl (C=O) groups is 2. The summed E-state index contributed by atoms with van der Waals surface area (Å²) in [6, 6.07) is 0. The monoisotopic (exact) mass is 313 g/mol. The first-order valence-corrected chi connectivity index (χ1v) is 1.22. The molecule has 0 saturated heterocycles. The maximum atomic E-state index is 8.33. The zero-order valence-corrected chi connectivity index (χ0v) is 6.18. The van der Waals surface area contributed by atoms with Gasteiger partial charge in [0.05, 0.1) is 0 Å². The van der Waals surface area contributed by atoms with Crippen molar-refractivity contribution in [3.8, 4) is 0 Å². The summed E-state index contributed by atoms with van der Waals surface area (Å²) in [7, 11) is 0. The average Bonchev–Trinajstić information content (AvgIpc) is 1.25. The van der Waals surface area contributed by atoms with Gasteiger partial charge in [0, 0.05) is 0 Å². The van der Waals surface area contributed by atoms with E-state index in [1.54, 1.807) is 0 Å². The van der Waals surface area contributed by atoms with Crippen molar-refractivity contribution in [1.29, 1.82) is 0 Å². The summed E-state index contributed by atoms with van der Waals surface area (Å²) >= 11 is 0. The molecule has 0 unspecified atom stereocenters. The quantitative estimate of drug-likeness (QED) is 0.441. The standard InChI is InChI=1S/2CH2O3.Ir/c2*2-1(3)4;/h2*(H2,2,3,4);/q;;+4/p-4. The predicted octanol–water partition coefficient (Wildman–Crippen LogP) is -4.90. The largest absolute Gasteiger partial charge is 4.00 e. The molecule has 0 N–H and O–H groups in total. The Kier molecular flexibility index (Phi) is 17.9. The molecule has 0 spiro atoms. The van der Waals surface area contributed by atoms with E-state index in [2.05, 4.69) is 0 Å². The fourth-order valence-corrected chi connectivity index (χ4v) is 0. The zero-order chi connectivity index (χ0) is 7.15. The van der Waals surface area contributed by atoms with Gasteiger partial charge in [-0.25, -0.2) is 0 Å². The normalized spacial score (nSPS) is 5.33. The molecule has 53 valence electrons. The van der Waals surface area contributed by atoms with Gasteiger partial charge in [-0.1, -0.05) is 0 Å². The Bertz CT molecular complexity index is 69.1. The van der Waals surface area contributed by atoms with E-state index in [-0.39, 0.29) is 20.1 Å². The van der Waals surface area contributed by atoms with Crippen molar-refractivity contribution in [3.05, 3.63) is 0 Å². The third-order valence-corrected chi connectivity index (χ3v) is 0. The first-order chi connectivity index (χ1) is 3.46. The van der Waals surface area contributed by atoms with Gasteiger partial charge in [-0.2, -0.15) is 0 Å². The van der Waals surface area contributed by atoms with Gasteiger partial charge in [-0.3, -0.25) is 0 Å². The van der Waals surface area contributed by atoms with Crippen LogP contribution >= 0.6 is 0 Å². The van der Waals surface area contributed by atoms with Crippen molar-refractivity contribution >= 4 is 12.3 Å². The fourth-order valence-electron chi connectivity index (χ4n) is 0. The third kappa shape index (κ3) is 295. The first kappa shape index (κ1) is 15.7. The maximum Gasteiger partial charge on any atom is 4.00 e. The minimum Gasteiger partial charge on any atom is -0.652 e. The van der Waals surface area contributed by atoms with E-state index in [4.69, 9.17) is 30.0 Å². The Morgan fingerprint density at radius 2 is 0.778 bits per heavy atom. The Balaban J connectivity index is -0.0000000720. The van der Waals surface area contributed by atoms with Crippen molar-refractivity contribution in [2.45, 2.75) is 0 Å². The molecule has 0 bridgehead atoms. The van der Waals surface area contributed by atoms with Gasteiger partial charge < -0.3 is 30.0 Å². The van der Waals surface area contributed by atoms with Crippen LogP contribution in [-0.2, 0) is 20.1 Å². The molecule has 0 amide bonds. The molecule has 0 saturated carbocycles. The van der Waals surface area contributed by atoms with Crippen LogP contribution in [0.3, 0.4) is 0 Å². The summed E-state index contributed by atoms with van der Waals surface area (Å²) in [5.41, 5.74) is 0. The summed E-state index contributed by atoms with van der Waals surface area (Å²) in [6.07, 6.45) is -4.67. The van der Waals surface area contributed by atoms with Crippen molar-refractivity contribution in [2.24, 2.45) is 0 Å². The molecule has 0 fully saturated rings. The summed E-state index contributed by atoms with van der Waals surface area (Å²) in [5.74, 6) is 0. The summed E-state index contributed by atoms with van der Waals surface area (Å²) < 4.78 is 0. The van der Waals surface area contributed by atoms with Gasteiger partial charge in [-0.05, 0) is 12.3 Å². The average molecular weight is 312 g/mol. The molecule has 0 aliphatic heterocycles. The molecule has 0 aliphatic carbocycles. The number of carbonyl (C=O) groups excluding carboxylic acids is 2. The van der Waals surface area contributed by atoms with Crippen LogP contribution in [0, 0.1) is 0 Å². The smallest absolute Gasteiger partial charge is 0.652 e. The Labute approximate surface area is 63.1 Å². The fraction of sp³-hybridized carbons (Fsp3) is 0. The second-order valence-electron chi connectivity index (χ2n) is 0.500. The van der Waals surface area contributed by atoms with E-state index in [9.17, 15) is 0 Å². The Morgan fingerprint density at radius 3 is 0.778 bits per heavy atom. The van der Waals surface area contributed by atoms with Crippen LogP contribution in [0.4, 0.5) is 9.59 Å². The van der Waals surface area contributed by atoms with Crippen molar-refractivity contribution in [1.82, 2.24) is 0 Å². The molecule has 9 heavy (non-hydrogen) atoms. The topological polar surface area (TPSA) is 126 Å². The van der Waals surface area contributed by atoms with E-state index in [1.807, 2.05) is 0 Å². The molecule has 0 aliphatic rings. The number of carboxylic acid groups (broad SMARTS) is 4. The number of rotatable bonds is 0. The first-order valence-electron chi connectivity index (χ1n) is 1.22. The van der Waals surface area contributed by atoms with Gasteiger partial charge in [-0.15, -0.1) is 0 Å². The van der Waals surface area contributed by atoms with E-state index in [0.29, 0.717) is 0 Å². The van der Waals surface area contributed by atoms with Gasteiger partial charge in [0.15, 0.2) is 0 Å². The Hall–Kier alpha value is -0.811. The molecule has 0 aromatic heterocycles. The van der Waals surface area contributed by atoms with Crippen LogP contribution in [0.15, 0.2) is 0 Å². The third-order valence-electron chi connectivity index (χ3n) is 0. The molecule has 6 nitrogen and oxygen atoms in total. The molecular weight excluding hydrogens is 312 g/mol. The van der Waals surface area contributed by atoms with Crippen LogP contribution in [0.5, 0.6) is 0 Å². The van der Waals surface area contributed by atoms with Gasteiger partial charge >= 0.3 is 20.1 Å². The number of hydrogen-bond donors (Lipinski definition) is 0. The minimum absolute atomic E-state index is 0. The van der Waals surface area contributed by atoms with Crippen LogP contribution in [-0.4, -0.2) is 12.3 Å². The maximum absolute atomic E-state index is 8.33. The van der Waals surface area contributed by atoms with Gasteiger partial charge in [0.25, 0.3) is 0 Å². The minimum atomic E-state index is -2.33. The van der Waals surface area contributed by atoms with Gasteiger partial charge in [0.1, 0.15) is 0 Å². The molecule has 0 rings (SSSR count). The van der Waals surface area contributed by atoms with Crippen LogP contribution in [0.1, 0.15) is 0 Å². The molecule has 0 aromatic carbocycles. The molecule has 0 atom stereocenters.